The van der Waals surface area contributed by atoms with Crippen LogP contribution in [0.25, 0.3) is 0 Å². The van der Waals surface area contributed by atoms with Gasteiger partial charge in [0.25, 0.3) is 0 Å². The maximum Gasteiger partial charge on any atom is 0.224 e. The second kappa shape index (κ2) is 4.28. The Kier molecular flexibility index (Phi) is 3.03. The van der Waals surface area contributed by atoms with Crippen molar-refractivity contribution in [2.75, 3.05) is 39.8 Å². The molecule has 2 rings (SSSR count). The van der Waals surface area contributed by atoms with Crippen LogP contribution in [-0.4, -0.2) is 50.6 Å². The maximum atomic E-state index is 11.7. The molecule has 2 aliphatic heterocycles. The standard InChI is InChI=1S/C10H19N3O/c1-13-3-2-9(7-13)10(14)12-6-8-4-11-5-8/h8-9,11H,2-7H2,1H3,(H,12,14). The molecule has 80 valence electrons. The lowest BCUT2D eigenvalue weighted by molar-refractivity contribution is -0.124. The SMILES string of the molecule is CN1CCC(C(=O)NCC2CNC2)C1. The number of carbonyl (C=O) groups excluding carboxylic acids is 1. The highest BCUT2D eigenvalue weighted by Crippen LogP contribution is 2.14. The summed E-state index contributed by atoms with van der Waals surface area (Å²) in [5.41, 5.74) is 0. The molecule has 2 aliphatic rings. The number of likely N-dealkylation sites (tertiary alicyclic amines) is 1. The third-order valence-electron chi connectivity index (χ3n) is 3.19. The molecular weight excluding hydrogens is 178 g/mol. The Labute approximate surface area is 85.0 Å². The van der Waals surface area contributed by atoms with Gasteiger partial charge in [-0.1, -0.05) is 0 Å². The van der Waals surface area contributed by atoms with Crippen molar-refractivity contribution in [1.82, 2.24) is 15.5 Å². The van der Waals surface area contributed by atoms with Gasteiger partial charge < -0.3 is 15.5 Å². The molecule has 2 N–H and O–H groups in total. The monoisotopic (exact) mass is 197 g/mol. The summed E-state index contributed by atoms with van der Waals surface area (Å²) in [7, 11) is 2.07. The molecule has 0 aromatic carbocycles. The minimum absolute atomic E-state index is 0.230. The fourth-order valence-electron chi connectivity index (χ4n) is 2.03. The van der Waals surface area contributed by atoms with Crippen molar-refractivity contribution in [3.8, 4) is 0 Å². The molecule has 1 unspecified atom stereocenters. The average Bonchev–Trinajstić information content (AvgIpc) is 2.49. The van der Waals surface area contributed by atoms with Crippen LogP contribution in [-0.2, 0) is 4.79 Å². The topological polar surface area (TPSA) is 44.4 Å². The zero-order valence-corrected chi connectivity index (χ0v) is 8.75. The molecule has 1 amide bonds. The zero-order chi connectivity index (χ0) is 9.97. The molecule has 0 aromatic rings. The summed E-state index contributed by atoms with van der Waals surface area (Å²) in [4.78, 5) is 13.9. The first-order valence-electron chi connectivity index (χ1n) is 5.42. The highest BCUT2D eigenvalue weighted by Gasteiger charge is 2.26. The molecule has 0 radical (unpaired) electrons. The second-order valence-electron chi connectivity index (χ2n) is 4.52. The van der Waals surface area contributed by atoms with Gasteiger partial charge in [-0.2, -0.15) is 0 Å². The molecule has 2 heterocycles. The van der Waals surface area contributed by atoms with Crippen LogP contribution >= 0.6 is 0 Å². The Hall–Kier alpha value is -0.610. The average molecular weight is 197 g/mol. The Morgan fingerprint density at radius 3 is 2.86 bits per heavy atom. The molecule has 2 fully saturated rings. The van der Waals surface area contributed by atoms with Crippen molar-refractivity contribution < 1.29 is 4.79 Å². The Bertz CT molecular complexity index is 215. The zero-order valence-electron chi connectivity index (χ0n) is 8.75. The largest absolute Gasteiger partial charge is 0.355 e. The number of nitrogens with zero attached hydrogens (tertiary/aromatic N) is 1. The molecule has 1 atom stereocenters. The van der Waals surface area contributed by atoms with Crippen molar-refractivity contribution in [1.29, 1.82) is 0 Å². The van der Waals surface area contributed by atoms with E-state index in [-0.39, 0.29) is 11.8 Å². The number of hydrogen-bond acceptors (Lipinski definition) is 3. The highest BCUT2D eigenvalue weighted by molar-refractivity contribution is 5.79. The van der Waals surface area contributed by atoms with E-state index in [0.717, 1.165) is 39.1 Å². The Balaban J connectivity index is 1.67. The van der Waals surface area contributed by atoms with Crippen LogP contribution in [0.2, 0.25) is 0 Å². The van der Waals surface area contributed by atoms with E-state index in [1.807, 2.05) is 0 Å². The molecule has 0 aliphatic carbocycles. The van der Waals surface area contributed by atoms with Crippen molar-refractivity contribution >= 4 is 5.91 Å². The lowest BCUT2D eigenvalue weighted by Crippen LogP contribution is -2.49. The van der Waals surface area contributed by atoms with Crippen molar-refractivity contribution in [3.05, 3.63) is 0 Å². The van der Waals surface area contributed by atoms with Gasteiger partial charge in [0.1, 0.15) is 0 Å². The van der Waals surface area contributed by atoms with Crippen LogP contribution < -0.4 is 10.6 Å². The fraction of sp³-hybridized carbons (Fsp3) is 0.900. The predicted octanol–water partition coefficient (Wildman–Crippen LogP) is -0.726. The van der Waals surface area contributed by atoms with E-state index in [9.17, 15) is 4.79 Å². The Morgan fingerprint density at radius 1 is 1.57 bits per heavy atom. The minimum Gasteiger partial charge on any atom is -0.355 e. The summed E-state index contributed by atoms with van der Waals surface area (Å²) in [5.74, 6) is 1.15. The third-order valence-corrected chi connectivity index (χ3v) is 3.19. The van der Waals surface area contributed by atoms with Crippen LogP contribution in [0.5, 0.6) is 0 Å². The van der Waals surface area contributed by atoms with E-state index in [1.165, 1.54) is 0 Å². The molecule has 14 heavy (non-hydrogen) atoms. The summed E-state index contributed by atoms with van der Waals surface area (Å²) < 4.78 is 0. The molecule has 2 saturated heterocycles. The number of carbonyl (C=O) groups is 1. The second-order valence-corrected chi connectivity index (χ2v) is 4.52. The molecule has 4 nitrogen and oxygen atoms in total. The molecular formula is C10H19N3O. The summed E-state index contributed by atoms with van der Waals surface area (Å²) in [6.45, 7) is 4.96. The predicted molar refractivity (Wildman–Crippen MR) is 55.0 cm³/mol. The van der Waals surface area contributed by atoms with Crippen LogP contribution in [0.4, 0.5) is 0 Å². The smallest absolute Gasteiger partial charge is 0.224 e. The molecule has 4 heteroatoms. The Morgan fingerprint density at radius 2 is 2.36 bits per heavy atom. The number of rotatable bonds is 3. The molecule has 0 saturated carbocycles. The van der Waals surface area contributed by atoms with Crippen LogP contribution in [0.1, 0.15) is 6.42 Å². The first-order valence-corrected chi connectivity index (χ1v) is 5.42. The van der Waals surface area contributed by atoms with Gasteiger partial charge >= 0.3 is 0 Å². The van der Waals surface area contributed by atoms with E-state index in [0.29, 0.717) is 5.92 Å². The lowest BCUT2D eigenvalue weighted by atomic mass is 10.0. The van der Waals surface area contributed by atoms with Crippen molar-refractivity contribution in [3.63, 3.8) is 0 Å². The van der Waals surface area contributed by atoms with Crippen LogP contribution in [0, 0.1) is 11.8 Å². The molecule has 0 spiro atoms. The number of hydrogen-bond donors (Lipinski definition) is 2. The molecule has 0 bridgehead atoms. The first kappa shape index (κ1) is 9.93. The summed E-state index contributed by atoms with van der Waals surface area (Å²) in [6.07, 6.45) is 1.02. The van der Waals surface area contributed by atoms with Gasteiger partial charge in [0.05, 0.1) is 5.92 Å². The van der Waals surface area contributed by atoms with Gasteiger partial charge in [-0.05, 0) is 20.0 Å². The van der Waals surface area contributed by atoms with Crippen molar-refractivity contribution in [2.24, 2.45) is 11.8 Å². The lowest BCUT2D eigenvalue weighted by Gasteiger charge is -2.27. The molecule has 0 aromatic heterocycles. The van der Waals surface area contributed by atoms with Crippen molar-refractivity contribution in [2.45, 2.75) is 6.42 Å². The normalized spacial score (nSPS) is 28.8. The van der Waals surface area contributed by atoms with Crippen LogP contribution in [0.3, 0.4) is 0 Å². The maximum absolute atomic E-state index is 11.7. The number of amides is 1. The van der Waals surface area contributed by atoms with Gasteiger partial charge in [0.15, 0.2) is 0 Å². The van der Waals surface area contributed by atoms with E-state index in [2.05, 4.69) is 22.6 Å². The fourth-order valence-corrected chi connectivity index (χ4v) is 2.03. The van der Waals surface area contributed by atoms with E-state index in [4.69, 9.17) is 0 Å². The van der Waals surface area contributed by atoms with Gasteiger partial charge in [0, 0.05) is 32.1 Å². The van der Waals surface area contributed by atoms with Gasteiger partial charge in [-0.3, -0.25) is 4.79 Å². The van der Waals surface area contributed by atoms with Crippen LogP contribution in [0.15, 0.2) is 0 Å². The van der Waals surface area contributed by atoms with E-state index < -0.39 is 0 Å². The van der Waals surface area contributed by atoms with Gasteiger partial charge in [-0.15, -0.1) is 0 Å². The summed E-state index contributed by atoms with van der Waals surface area (Å²) >= 11 is 0. The summed E-state index contributed by atoms with van der Waals surface area (Å²) in [5, 5.41) is 6.24. The third kappa shape index (κ3) is 2.25. The van der Waals surface area contributed by atoms with E-state index >= 15 is 0 Å². The van der Waals surface area contributed by atoms with Gasteiger partial charge in [0.2, 0.25) is 5.91 Å². The van der Waals surface area contributed by atoms with E-state index in [1.54, 1.807) is 0 Å². The minimum atomic E-state index is 0.230. The number of nitrogens with one attached hydrogen (secondary N) is 2. The summed E-state index contributed by atoms with van der Waals surface area (Å²) in [6, 6.07) is 0. The quantitative estimate of drug-likeness (QED) is 0.627. The van der Waals surface area contributed by atoms with Gasteiger partial charge in [-0.25, -0.2) is 0 Å². The first-order chi connectivity index (χ1) is 6.75. The highest BCUT2D eigenvalue weighted by atomic mass is 16.1.